The van der Waals surface area contributed by atoms with Crippen LogP contribution in [0, 0.1) is 13.8 Å². The number of aromatic nitrogens is 3. The van der Waals surface area contributed by atoms with Gasteiger partial charge in [-0.25, -0.2) is 15.0 Å². The van der Waals surface area contributed by atoms with Crippen molar-refractivity contribution in [1.29, 1.82) is 0 Å². The van der Waals surface area contributed by atoms with Gasteiger partial charge in [-0.15, -0.1) is 0 Å². The molecule has 28 heavy (non-hydrogen) atoms. The molecule has 0 bridgehead atoms. The third kappa shape index (κ3) is 5.66. The molecule has 0 saturated carbocycles. The maximum atomic E-state index is 5.58. The molecule has 3 heterocycles. The maximum absolute atomic E-state index is 5.58. The lowest BCUT2D eigenvalue weighted by molar-refractivity contribution is 0.254. The topological polar surface area (TPSA) is 94.7 Å². The summed E-state index contributed by atoms with van der Waals surface area (Å²) in [4.78, 5) is 22.0. The van der Waals surface area contributed by atoms with Crippen LogP contribution in [-0.2, 0) is 6.54 Å². The SMILES string of the molecule is CN=C(NCCCN1CCN(c2ncccn2)CC1)NCc1nc(C)c(C)o1. The van der Waals surface area contributed by atoms with Crippen LogP contribution < -0.4 is 15.5 Å². The van der Waals surface area contributed by atoms with Gasteiger partial charge in [0.1, 0.15) is 5.76 Å². The van der Waals surface area contributed by atoms with Gasteiger partial charge in [0.25, 0.3) is 0 Å². The molecule has 0 atom stereocenters. The fourth-order valence-electron chi connectivity index (χ4n) is 3.13. The van der Waals surface area contributed by atoms with Crippen LogP contribution in [0.25, 0.3) is 0 Å². The molecule has 1 saturated heterocycles. The first-order chi connectivity index (χ1) is 13.7. The third-order valence-electron chi connectivity index (χ3n) is 4.85. The van der Waals surface area contributed by atoms with Crippen molar-refractivity contribution in [1.82, 2.24) is 30.5 Å². The van der Waals surface area contributed by atoms with Crippen LogP contribution in [0.4, 0.5) is 5.95 Å². The van der Waals surface area contributed by atoms with E-state index in [0.717, 1.165) is 69.1 Å². The van der Waals surface area contributed by atoms with Gasteiger partial charge in [0, 0.05) is 52.2 Å². The van der Waals surface area contributed by atoms with E-state index in [2.05, 4.69) is 40.4 Å². The summed E-state index contributed by atoms with van der Waals surface area (Å²) < 4.78 is 5.58. The second kappa shape index (κ2) is 10.0. The Balaban J connectivity index is 1.30. The summed E-state index contributed by atoms with van der Waals surface area (Å²) in [6.07, 6.45) is 4.65. The number of piperazine rings is 1. The Kier molecular flexibility index (Phi) is 7.18. The van der Waals surface area contributed by atoms with Crippen molar-refractivity contribution < 1.29 is 4.42 Å². The minimum Gasteiger partial charge on any atom is -0.444 e. The molecule has 152 valence electrons. The van der Waals surface area contributed by atoms with Crippen LogP contribution in [0.5, 0.6) is 0 Å². The number of rotatable bonds is 7. The van der Waals surface area contributed by atoms with Crippen LogP contribution in [0.3, 0.4) is 0 Å². The highest BCUT2D eigenvalue weighted by Crippen LogP contribution is 2.10. The van der Waals surface area contributed by atoms with E-state index in [9.17, 15) is 0 Å². The second-order valence-electron chi connectivity index (χ2n) is 6.83. The first kappa shape index (κ1) is 20.1. The summed E-state index contributed by atoms with van der Waals surface area (Å²) in [5, 5.41) is 6.58. The summed E-state index contributed by atoms with van der Waals surface area (Å²) >= 11 is 0. The minimum atomic E-state index is 0.526. The van der Waals surface area contributed by atoms with Gasteiger partial charge in [-0.2, -0.15) is 0 Å². The Morgan fingerprint density at radius 2 is 1.89 bits per heavy atom. The second-order valence-corrected chi connectivity index (χ2v) is 6.83. The van der Waals surface area contributed by atoms with Gasteiger partial charge in [-0.05, 0) is 32.9 Å². The van der Waals surface area contributed by atoms with Crippen LogP contribution >= 0.6 is 0 Å². The van der Waals surface area contributed by atoms with E-state index < -0.39 is 0 Å². The molecule has 0 radical (unpaired) electrons. The summed E-state index contributed by atoms with van der Waals surface area (Å²) in [5.74, 6) is 3.13. The molecule has 2 N–H and O–H groups in total. The third-order valence-corrected chi connectivity index (χ3v) is 4.85. The normalized spacial score (nSPS) is 15.7. The minimum absolute atomic E-state index is 0.526. The van der Waals surface area contributed by atoms with Gasteiger partial charge in [-0.1, -0.05) is 0 Å². The van der Waals surface area contributed by atoms with Crippen molar-refractivity contribution in [3.63, 3.8) is 0 Å². The fraction of sp³-hybridized carbons (Fsp3) is 0.579. The van der Waals surface area contributed by atoms with Crippen molar-refractivity contribution >= 4 is 11.9 Å². The molecule has 3 rings (SSSR count). The van der Waals surface area contributed by atoms with Crippen LogP contribution in [0.1, 0.15) is 23.8 Å². The number of hydrogen-bond acceptors (Lipinski definition) is 7. The summed E-state index contributed by atoms with van der Waals surface area (Å²) in [6, 6.07) is 1.85. The summed E-state index contributed by atoms with van der Waals surface area (Å²) in [5.41, 5.74) is 0.929. The number of nitrogens with one attached hydrogen (secondary N) is 2. The number of hydrogen-bond donors (Lipinski definition) is 2. The zero-order chi connectivity index (χ0) is 19.8. The van der Waals surface area contributed by atoms with Crippen LogP contribution in [-0.4, -0.2) is 72.1 Å². The average Bonchev–Trinajstić information content (AvgIpc) is 3.06. The smallest absolute Gasteiger partial charge is 0.225 e. The standard InChI is InChI=1S/C19H30N8O/c1-15-16(2)28-17(25-15)14-24-18(20-3)21-8-5-9-26-10-12-27(13-11-26)19-22-6-4-7-23-19/h4,6-7H,5,8-14H2,1-3H3,(H2,20,21,24). The van der Waals surface area contributed by atoms with Gasteiger partial charge in [0.15, 0.2) is 5.96 Å². The number of nitrogens with zero attached hydrogens (tertiary/aromatic N) is 6. The number of guanidine groups is 1. The number of oxazole rings is 1. The lowest BCUT2D eigenvalue weighted by Crippen LogP contribution is -2.47. The van der Waals surface area contributed by atoms with E-state index in [0.29, 0.717) is 12.4 Å². The van der Waals surface area contributed by atoms with Crippen molar-refractivity contribution in [3.8, 4) is 0 Å². The number of aryl methyl sites for hydroxylation is 2. The molecule has 0 aliphatic carbocycles. The van der Waals surface area contributed by atoms with E-state index in [1.807, 2.05) is 19.9 Å². The molecule has 0 amide bonds. The lowest BCUT2D eigenvalue weighted by Gasteiger charge is -2.34. The molecule has 0 unspecified atom stereocenters. The van der Waals surface area contributed by atoms with Crippen molar-refractivity contribution in [2.24, 2.45) is 4.99 Å². The summed E-state index contributed by atoms with van der Waals surface area (Å²) in [6.45, 7) is 10.3. The quantitative estimate of drug-likeness (QED) is 0.413. The highest BCUT2D eigenvalue weighted by molar-refractivity contribution is 5.79. The zero-order valence-corrected chi connectivity index (χ0v) is 17.0. The van der Waals surface area contributed by atoms with E-state index in [4.69, 9.17) is 4.42 Å². The number of anilines is 1. The predicted molar refractivity (Wildman–Crippen MR) is 109 cm³/mol. The van der Waals surface area contributed by atoms with Gasteiger partial charge in [0.2, 0.25) is 11.8 Å². The molecule has 2 aromatic rings. The van der Waals surface area contributed by atoms with Gasteiger partial charge in [0.05, 0.1) is 12.2 Å². The molecule has 0 spiro atoms. The van der Waals surface area contributed by atoms with E-state index in [1.165, 1.54) is 0 Å². The van der Waals surface area contributed by atoms with Gasteiger partial charge < -0.3 is 20.0 Å². The Labute approximate surface area is 166 Å². The predicted octanol–water partition coefficient (Wildman–Crippen LogP) is 0.959. The summed E-state index contributed by atoms with van der Waals surface area (Å²) in [7, 11) is 1.77. The van der Waals surface area contributed by atoms with Crippen molar-refractivity contribution in [2.45, 2.75) is 26.8 Å². The molecule has 1 fully saturated rings. The van der Waals surface area contributed by atoms with Crippen LogP contribution in [0.15, 0.2) is 27.9 Å². The Morgan fingerprint density at radius 3 is 2.54 bits per heavy atom. The molecular formula is C19H30N8O. The zero-order valence-electron chi connectivity index (χ0n) is 17.0. The van der Waals surface area contributed by atoms with E-state index >= 15 is 0 Å². The highest BCUT2D eigenvalue weighted by atomic mass is 16.4. The Hall–Kier alpha value is -2.68. The number of aliphatic imine (C=N–C) groups is 1. The van der Waals surface area contributed by atoms with Gasteiger partial charge in [-0.3, -0.25) is 9.89 Å². The first-order valence-electron chi connectivity index (χ1n) is 9.77. The first-order valence-corrected chi connectivity index (χ1v) is 9.77. The van der Waals surface area contributed by atoms with E-state index in [1.54, 1.807) is 19.4 Å². The Morgan fingerprint density at radius 1 is 1.14 bits per heavy atom. The molecule has 9 nitrogen and oxygen atoms in total. The molecule has 9 heteroatoms. The maximum Gasteiger partial charge on any atom is 0.225 e. The van der Waals surface area contributed by atoms with Crippen molar-refractivity contribution in [3.05, 3.63) is 35.8 Å². The molecule has 0 aromatic carbocycles. The van der Waals surface area contributed by atoms with Crippen molar-refractivity contribution in [2.75, 3.05) is 51.2 Å². The fourth-order valence-corrected chi connectivity index (χ4v) is 3.13. The highest BCUT2D eigenvalue weighted by Gasteiger charge is 2.18. The molecular weight excluding hydrogens is 356 g/mol. The monoisotopic (exact) mass is 386 g/mol. The van der Waals surface area contributed by atoms with E-state index in [-0.39, 0.29) is 0 Å². The molecule has 2 aromatic heterocycles. The molecule has 1 aliphatic heterocycles. The van der Waals surface area contributed by atoms with Gasteiger partial charge >= 0.3 is 0 Å². The average molecular weight is 387 g/mol. The lowest BCUT2D eigenvalue weighted by atomic mass is 10.3. The Bertz CT molecular complexity index is 733. The largest absolute Gasteiger partial charge is 0.444 e. The molecule has 1 aliphatic rings. The van der Waals surface area contributed by atoms with Crippen LogP contribution in [0.2, 0.25) is 0 Å².